The van der Waals surface area contributed by atoms with Gasteiger partial charge in [0.1, 0.15) is 0 Å². The quantitative estimate of drug-likeness (QED) is 0.675. The third kappa shape index (κ3) is 4.82. The first-order chi connectivity index (χ1) is 10.7. The summed E-state index contributed by atoms with van der Waals surface area (Å²) in [7, 11) is 0. The van der Waals surface area contributed by atoms with Crippen LogP contribution >= 0.6 is 0 Å². The van der Waals surface area contributed by atoms with Crippen molar-refractivity contribution >= 4 is 12.4 Å². The minimum Gasteiger partial charge on any atom is -0.264 e. The van der Waals surface area contributed by atoms with Gasteiger partial charge in [-0.25, -0.2) is 0 Å². The molecule has 0 unspecified atom stereocenters. The lowest BCUT2D eigenvalue weighted by molar-refractivity contribution is 1.15. The fourth-order valence-electron chi connectivity index (χ4n) is 1.75. The van der Waals surface area contributed by atoms with Gasteiger partial charge in [-0.05, 0) is 44.3 Å². The number of rotatable bonds is 2. The zero-order valence-electron chi connectivity index (χ0n) is 14.4. The van der Waals surface area contributed by atoms with Crippen molar-refractivity contribution in [3.63, 3.8) is 0 Å². The molecule has 0 fully saturated rings. The topological polar surface area (TPSA) is 49.0 Å². The Morgan fingerprint density at radius 3 is 2.05 bits per heavy atom. The van der Waals surface area contributed by atoms with Gasteiger partial charge in [0, 0.05) is 11.3 Å². The summed E-state index contributed by atoms with van der Waals surface area (Å²) < 4.78 is 0. The van der Waals surface area contributed by atoms with E-state index in [9.17, 15) is 0 Å². The molecule has 22 heavy (non-hydrogen) atoms. The highest BCUT2D eigenvalue weighted by Gasteiger charge is 2.06. The molecule has 0 spiro atoms. The van der Waals surface area contributed by atoms with Crippen molar-refractivity contribution in [2.45, 2.75) is 41.5 Å². The molecule has 2 aromatic rings. The third-order valence-corrected chi connectivity index (χ3v) is 2.97. The highest BCUT2D eigenvalue weighted by Crippen LogP contribution is 2.27. The molecule has 3 heteroatoms. The predicted molar refractivity (Wildman–Crippen MR) is 95.8 cm³/mol. The van der Waals surface area contributed by atoms with Crippen molar-refractivity contribution < 1.29 is 0 Å². The van der Waals surface area contributed by atoms with Gasteiger partial charge in [-0.2, -0.15) is 5.26 Å². The standard InChI is InChI=1S/C15H13N3.2C2H6/c1-10-11(2)18-15(8-14(10)17-3)13-6-4-12(9-16)5-7-13;2*1-2/h4-8H,3H2,1-2H3;2*1-2H3. The molecule has 0 aliphatic carbocycles. The SMILES string of the molecule is C=Nc1cc(-c2ccc(C#N)cc2)nc(C)c1C.CC.CC. The molecular weight excluding hydrogens is 270 g/mol. The van der Waals surface area contributed by atoms with E-state index in [4.69, 9.17) is 5.26 Å². The van der Waals surface area contributed by atoms with E-state index in [-0.39, 0.29) is 0 Å². The Kier molecular flexibility index (Phi) is 9.13. The fourth-order valence-corrected chi connectivity index (χ4v) is 1.75. The van der Waals surface area contributed by atoms with E-state index in [0.717, 1.165) is 28.2 Å². The fraction of sp³-hybridized carbons (Fsp3) is 0.316. The average molecular weight is 295 g/mol. The van der Waals surface area contributed by atoms with Crippen molar-refractivity contribution in [2.24, 2.45) is 4.99 Å². The second kappa shape index (κ2) is 10.3. The van der Waals surface area contributed by atoms with Crippen LogP contribution in [0, 0.1) is 25.2 Å². The van der Waals surface area contributed by atoms with Gasteiger partial charge in [0.25, 0.3) is 0 Å². The van der Waals surface area contributed by atoms with Crippen LogP contribution < -0.4 is 0 Å². The summed E-state index contributed by atoms with van der Waals surface area (Å²) in [5.41, 5.74) is 5.31. The van der Waals surface area contributed by atoms with Crippen molar-refractivity contribution in [3.05, 3.63) is 47.2 Å². The summed E-state index contributed by atoms with van der Waals surface area (Å²) in [6.07, 6.45) is 0. The van der Waals surface area contributed by atoms with Gasteiger partial charge < -0.3 is 0 Å². The Labute approximate surface area is 134 Å². The lowest BCUT2D eigenvalue weighted by atomic mass is 10.1. The van der Waals surface area contributed by atoms with E-state index < -0.39 is 0 Å². The van der Waals surface area contributed by atoms with Crippen LogP contribution in [-0.2, 0) is 0 Å². The number of benzene rings is 1. The summed E-state index contributed by atoms with van der Waals surface area (Å²) >= 11 is 0. The lowest BCUT2D eigenvalue weighted by Crippen LogP contribution is -1.91. The van der Waals surface area contributed by atoms with E-state index in [1.807, 2.05) is 59.7 Å². The van der Waals surface area contributed by atoms with E-state index in [1.165, 1.54) is 0 Å². The maximum atomic E-state index is 8.77. The molecule has 0 bridgehead atoms. The Balaban J connectivity index is 0.00000102. The van der Waals surface area contributed by atoms with E-state index in [2.05, 4.69) is 22.8 Å². The first kappa shape index (κ1) is 19.5. The Bertz CT molecular complexity index is 635. The van der Waals surface area contributed by atoms with Crippen LogP contribution in [0.5, 0.6) is 0 Å². The average Bonchev–Trinajstić information content (AvgIpc) is 2.61. The molecule has 1 aromatic carbocycles. The maximum absolute atomic E-state index is 8.77. The second-order valence-electron chi connectivity index (χ2n) is 4.08. The highest BCUT2D eigenvalue weighted by molar-refractivity contribution is 5.67. The summed E-state index contributed by atoms with van der Waals surface area (Å²) in [6, 6.07) is 11.4. The van der Waals surface area contributed by atoms with E-state index >= 15 is 0 Å². The zero-order chi connectivity index (χ0) is 17.1. The predicted octanol–water partition coefficient (Wildman–Crippen LogP) is 5.62. The molecule has 1 heterocycles. The number of hydrogen-bond donors (Lipinski definition) is 0. The number of aryl methyl sites for hydroxylation is 1. The third-order valence-electron chi connectivity index (χ3n) is 2.97. The summed E-state index contributed by atoms with van der Waals surface area (Å²) in [5, 5.41) is 8.77. The van der Waals surface area contributed by atoms with Gasteiger partial charge in [-0.15, -0.1) is 0 Å². The van der Waals surface area contributed by atoms with Crippen LogP contribution in [0.15, 0.2) is 35.3 Å². The molecule has 0 N–H and O–H groups in total. The normalized spacial score (nSPS) is 8.59. The number of nitriles is 1. The first-order valence-corrected chi connectivity index (χ1v) is 7.61. The number of aromatic nitrogens is 1. The van der Waals surface area contributed by atoms with Crippen LogP contribution in [0.3, 0.4) is 0 Å². The molecule has 2 rings (SSSR count). The monoisotopic (exact) mass is 295 g/mol. The summed E-state index contributed by atoms with van der Waals surface area (Å²) in [4.78, 5) is 8.54. The smallest absolute Gasteiger partial charge is 0.0991 e. The van der Waals surface area contributed by atoms with Gasteiger partial charge >= 0.3 is 0 Å². The van der Waals surface area contributed by atoms with Gasteiger partial charge in [0.2, 0.25) is 0 Å². The van der Waals surface area contributed by atoms with Crippen LogP contribution in [0.25, 0.3) is 11.3 Å². The molecule has 0 aliphatic heterocycles. The van der Waals surface area contributed by atoms with Gasteiger partial charge in [-0.3, -0.25) is 9.98 Å². The number of hydrogen-bond acceptors (Lipinski definition) is 3. The summed E-state index contributed by atoms with van der Waals surface area (Å²) in [5.74, 6) is 0. The molecule has 0 saturated carbocycles. The van der Waals surface area contributed by atoms with Crippen molar-refractivity contribution in [2.75, 3.05) is 0 Å². The molecule has 3 nitrogen and oxygen atoms in total. The Morgan fingerprint density at radius 1 is 1.05 bits per heavy atom. The minimum absolute atomic E-state index is 0.643. The van der Waals surface area contributed by atoms with Crippen LogP contribution in [0.2, 0.25) is 0 Å². The van der Waals surface area contributed by atoms with E-state index in [1.54, 1.807) is 12.1 Å². The van der Waals surface area contributed by atoms with Crippen molar-refractivity contribution in [1.29, 1.82) is 5.26 Å². The highest BCUT2D eigenvalue weighted by atomic mass is 14.8. The maximum Gasteiger partial charge on any atom is 0.0991 e. The molecular formula is C19H25N3. The molecule has 0 radical (unpaired) electrons. The lowest BCUT2D eigenvalue weighted by Gasteiger charge is -2.08. The number of aliphatic imine (C=N–C) groups is 1. The van der Waals surface area contributed by atoms with Crippen LogP contribution in [-0.4, -0.2) is 11.7 Å². The van der Waals surface area contributed by atoms with Crippen molar-refractivity contribution in [3.8, 4) is 17.3 Å². The van der Waals surface area contributed by atoms with Gasteiger partial charge in [0.05, 0.1) is 23.0 Å². The molecule has 0 amide bonds. The first-order valence-electron chi connectivity index (χ1n) is 7.61. The second-order valence-corrected chi connectivity index (χ2v) is 4.08. The largest absolute Gasteiger partial charge is 0.264 e. The van der Waals surface area contributed by atoms with Crippen LogP contribution in [0.4, 0.5) is 5.69 Å². The minimum atomic E-state index is 0.643. The molecule has 1 aromatic heterocycles. The van der Waals surface area contributed by atoms with Crippen molar-refractivity contribution in [1.82, 2.24) is 4.98 Å². The molecule has 0 saturated heterocycles. The summed E-state index contributed by atoms with van der Waals surface area (Å²) in [6.45, 7) is 15.5. The molecule has 0 aliphatic rings. The van der Waals surface area contributed by atoms with Gasteiger partial charge in [0.15, 0.2) is 0 Å². The molecule has 0 atom stereocenters. The number of nitrogens with zero attached hydrogens (tertiary/aromatic N) is 3. The van der Waals surface area contributed by atoms with Gasteiger partial charge in [-0.1, -0.05) is 39.8 Å². The Morgan fingerprint density at radius 2 is 1.59 bits per heavy atom. The zero-order valence-corrected chi connectivity index (χ0v) is 14.4. The Hall–Kier alpha value is -2.47. The van der Waals surface area contributed by atoms with E-state index in [0.29, 0.717) is 5.56 Å². The number of pyridine rings is 1. The van der Waals surface area contributed by atoms with Crippen LogP contribution in [0.1, 0.15) is 44.5 Å². The molecule has 116 valence electrons.